The molecule has 0 bridgehead atoms. The molecule has 0 fully saturated rings. The fourth-order valence-electron chi connectivity index (χ4n) is 1.84. The smallest absolute Gasteiger partial charge is 0.118 e. The van der Waals surface area contributed by atoms with E-state index in [0.29, 0.717) is 0 Å². The molecule has 1 aromatic carbocycles. The van der Waals surface area contributed by atoms with Gasteiger partial charge in [-0.2, -0.15) is 5.26 Å². The average molecular weight is 246 g/mol. The Morgan fingerprint density at radius 3 is 2.50 bits per heavy atom. The highest BCUT2D eigenvalue weighted by atomic mass is 16.5. The van der Waals surface area contributed by atoms with Gasteiger partial charge in [-0.3, -0.25) is 0 Å². The van der Waals surface area contributed by atoms with Gasteiger partial charge in [-0.05, 0) is 37.6 Å². The van der Waals surface area contributed by atoms with Crippen LogP contribution in [-0.2, 0) is 6.42 Å². The summed E-state index contributed by atoms with van der Waals surface area (Å²) in [7, 11) is 3.75. The topological polar surface area (TPSA) is 36.3 Å². The first kappa shape index (κ1) is 14.5. The number of rotatable bonds is 7. The van der Waals surface area contributed by atoms with Crippen LogP contribution in [0.2, 0.25) is 0 Å². The van der Waals surface area contributed by atoms with Gasteiger partial charge in [-0.25, -0.2) is 0 Å². The van der Waals surface area contributed by atoms with Gasteiger partial charge in [0.25, 0.3) is 0 Å². The molecule has 1 aromatic rings. The minimum Gasteiger partial charge on any atom is -0.497 e. The molecule has 1 atom stereocenters. The molecule has 0 N–H and O–H groups in total. The van der Waals surface area contributed by atoms with Crippen LogP contribution in [0.25, 0.3) is 0 Å². The Balaban J connectivity index is 2.37. The number of methoxy groups -OCH3 is 1. The molecule has 1 unspecified atom stereocenters. The molecule has 0 heterocycles. The van der Waals surface area contributed by atoms with Crippen molar-refractivity contribution in [2.75, 3.05) is 27.2 Å². The zero-order valence-corrected chi connectivity index (χ0v) is 11.5. The lowest BCUT2D eigenvalue weighted by atomic mass is 10.1. The number of likely N-dealkylation sites (N-methyl/N-ethyl adjacent to an activating group) is 1. The molecule has 0 aliphatic carbocycles. The maximum atomic E-state index is 8.93. The van der Waals surface area contributed by atoms with Crippen LogP contribution >= 0.6 is 0 Å². The number of benzene rings is 1. The van der Waals surface area contributed by atoms with Gasteiger partial charge in [0.1, 0.15) is 5.75 Å². The van der Waals surface area contributed by atoms with Crippen LogP contribution in [0.15, 0.2) is 24.3 Å². The first-order valence-electron chi connectivity index (χ1n) is 6.40. The normalized spacial score (nSPS) is 12.2. The molecule has 0 saturated heterocycles. The summed E-state index contributed by atoms with van der Waals surface area (Å²) >= 11 is 0. The highest BCUT2D eigenvalue weighted by Gasteiger charge is 2.08. The van der Waals surface area contributed by atoms with E-state index >= 15 is 0 Å². The fourth-order valence-corrected chi connectivity index (χ4v) is 1.84. The molecule has 98 valence electrons. The number of hydrogen-bond donors (Lipinski definition) is 0. The molecule has 1 rings (SSSR count). The van der Waals surface area contributed by atoms with Crippen molar-refractivity contribution in [1.82, 2.24) is 4.90 Å². The monoisotopic (exact) mass is 246 g/mol. The Morgan fingerprint density at radius 1 is 1.33 bits per heavy atom. The van der Waals surface area contributed by atoms with Crippen LogP contribution in [0.3, 0.4) is 0 Å². The minimum atomic E-state index is 0.144. The summed E-state index contributed by atoms with van der Waals surface area (Å²) < 4.78 is 5.13. The van der Waals surface area contributed by atoms with Gasteiger partial charge >= 0.3 is 0 Å². The Bertz CT molecular complexity index is 380. The molecule has 3 heteroatoms. The molecular weight excluding hydrogens is 224 g/mol. The van der Waals surface area contributed by atoms with E-state index in [0.717, 1.165) is 31.7 Å². The highest BCUT2D eigenvalue weighted by molar-refractivity contribution is 5.27. The summed E-state index contributed by atoms with van der Waals surface area (Å²) in [6, 6.07) is 10.5. The summed E-state index contributed by atoms with van der Waals surface area (Å²) in [6.45, 7) is 3.89. The van der Waals surface area contributed by atoms with Gasteiger partial charge in [-0.15, -0.1) is 0 Å². The van der Waals surface area contributed by atoms with Gasteiger partial charge in [0.15, 0.2) is 0 Å². The molecule has 0 aliphatic heterocycles. The second kappa shape index (κ2) is 7.73. The van der Waals surface area contributed by atoms with Crippen LogP contribution in [-0.4, -0.2) is 32.1 Å². The van der Waals surface area contributed by atoms with E-state index < -0.39 is 0 Å². The second-order valence-electron chi connectivity index (χ2n) is 4.59. The third-order valence-electron chi connectivity index (χ3n) is 3.15. The van der Waals surface area contributed by atoms with E-state index in [1.54, 1.807) is 7.11 Å². The minimum absolute atomic E-state index is 0.144. The molecule has 0 radical (unpaired) electrons. The van der Waals surface area contributed by atoms with Crippen LogP contribution in [0.1, 0.15) is 18.9 Å². The number of nitrogens with zero attached hydrogens (tertiary/aromatic N) is 2. The van der Waals surface area contributed by atoms with E-state index in [1.165, 1.54) is 5.56 Å². The summed E-state index contributed by atoms with van der Waals surface area (Å²) in [4.78, 5) is 2.22. The molecule has 18 heavy (non-hydrogen) atoms. The molecule has 0 aliphatic rings. The van der Waals surface area contributed by atoms with Crippen molar-refractivity contribution in [1.29, 1.82) is 5.26 Å². The maximum absolute atomic E-state index is 8.93. The molecule has 0 saturated carbocycles. The molecule has 3 nitrogen and oxygen atoms in total. The molecule has 0 amide bonds. The van der Waals surface area contributed by atoms with Crippen molar-refractivity contribution < 1.29 is 4.74 Å². The quantitative estimate of drug-likeness (QED) is 0.742. The lowest BCUT2D eigenvalue weighted by molar-refractivity contribution is 0.303. The summed E-state index contributed by atoms with van der Waals surface area (Å²) in [6.07, 6.45) is 1.92. The predicted octanol–water partition coefficient (Wildman–Crippen LogP) is 2.72. The average Bonchev–Trinajstić information content (AvgIpc) is 2.43. The molecular formula is C15H22N2O. The van der Waals surface area contributed by atoms with Gasteiger partial charge in [0.2, 0.25) is 0 Å². The van der Waals surface area contributed by atoms with Crippen LogP contribution in [0, 0.1) is 17.2 Å². The molecule has 0 spiro atoms. The van der Waals surface area contributed by atoms with Crippen molar-refractivity contribution in [2.24, 2.45) is 5.92 Å². The van der Waals surface area contributed by atoms with Gasteiger partial charge in [0.05, 0.1) is 19.1 Å². The number of nitriles is 1. The van der Waals surface area contributed by atoms with Crippen molar-refractivity contribution in [3.8, 4) is 11.8 Å². The lowest BCUT2D eigenvalue weighted by Gasteiger charge is -2.18. The van der Waals surface area contributed by atoms with Gasteiger partial charge in [0, 0.05) is 13.1 Å². The van der Waals surface area contributed by atoms with E-state index in [4.69, 9.17) is 10.00 Å². The zero-order valence-electron chi connectivity index (χ0n) is 11.5. The first-order chi connectivity index (χ1) is 8.69. The second-order valence-corrected chi connectivity index (χ2v) is 4.59. The van der Waals surface area contributed by atoms with Crippen LogP contribution in [0.5, 0.6) is 5.75 Å². The zero-order chi connectivity index (χ0) is 13.4. The van der Waals surface area contributed by atoms with Gasteiger partial charge < -0.3 is 9.64 Å². The Labute approximate surface area is 110 Å². The highest BCUT2D eigenvalue weighted by Crippen LogP contribution is 2.12. The van der Waals surface area contributed by atoms with Crippen molar-refractivity contribution in [3.05, 3.63) is 29.8 Å². The van der Waals surface area contributed by atoms with Crippen molar-refractivity contribution in [3.63, 3.8) is 0 Å². The molecule has 0 aromatic heterocycles. The third kappa shape index (κ3) is 4.77. The predicted molar refractivity (Wildman–Crippen MR) is 73.6 cm³/mol. The van der Waals surface area contributed by atoms with E-state index in [1.807, 2.05) is 12.1 Å². The van der Waals surface area contributed by atoms with Crippen molar-refractivity contribution >= 4 is 0 Å². The lowest BCUT2D eigenvalue weighted by Crippen LogP contribution is -2.27. The van der Waals surface area contributed by atoms with E-state index in [2.05, 4.69) is 37.1 Å². The van der Waals surface area contributed by atoms with Crippen LogP contribution < -0.4 is 4.74 Å². The Hall–Kier alpha value is -1.53. The Morgan fingerprint density at radius 2 is 2.00 bits per heavy atom. The summed E-state index contributed by atoms with van der Waals surface area (Å²) in [5, 5.41) is 8.93. The third-order valence-corrected chi connectivity index (χ3v) is 3.15. The Kier molecular flexibility index (Phi) is 6.24. The summed E-state index contributed by atoms with van der Waals surface area (Å²) in [5.74, 6) is 1.04. The summed E-state index contributed by atoms with van der Waals surface area (Å²) in [5.41, 5.74) is 1.30. The number of ether oxygens (including phenoxy) is 1. The standard InChI is InChI=1S/C15H22N2O/c1-4-13(11-16)12-17(2)10-9-14-5-7-15(18-3)8-6-14/h5-8,13H,4,9-10,12H2,1-3H3. The fraction of sp³-hybridized carbons (Fsp3) is 0.533. The largest absolute Gasteiger partial charge is 0.497 e. The van der Waals surface area contributed by atoms with E-state index in [9.17, 15) is 0 Å². The van der Waals surface area contributed by atoms with Gasteiger partial charge in [-0.1, -0.05) is 19.1 Å². The first-order valence-corrected chi connectivity index (χ1v) is 6.40. The maximum Gasteiger partial charge on any atom is 0.118 e. The van der Waals surface area contributed by atoms with Crippen molar-refractivity contribution in [2.45, 2.75) is 19.8 Å². The van der Waals surface area contributed by atoms with Crippen LogP contribution in [0.4, 0.5) is 0 Å². The SMILES string of the molecule is CCC(C#N)CN(C)CCc1ccc(OC)cc1. The van der Waals surface area contributed by atoms with E-state index in [-0.39, 0.29) is 5.92 Å². The number of hydrogen-bond acceptors (Lipinski definition) is 3.